The molecular formula is C7H4ClF3N. The number of nitrogens with two attached hydrogens (primary N) is 1. The highest BCUT2D eigenvalue weighted by Crippen LogP contribution is 2.34. The van der Waals surface area contributed by atoms with Crippen LogP contribution in [0.4, 0.5) is 18.9 Å². The van der Waals surface area contributed by atoms with Crippen molar-refractivity contribution in [2.75, 3.05) is 5.73 Å². The van der Waals surface area contributed by atoms with Crippen molar-refractivity contribution >= 4 is 17.3 Å². The Morgan fingerprint density at radius 2 is 2.00 bits per heavy atom. The second-order valence-corrected chi connectivity index (χ2v) is 2.55. The number of hydrogen-bond donors (Lipinski definition) is 1. The molecule has 1 aromatic rings. The molecular weight excluding hydrogens is 191 g/mol. The molecule has 0 aromatic heterocycles. The van der Waals surface area contributed by atoms with E-state index in [1.54, 1.807) is 0 Å². The molecule has 0 saturated heterocycles. The van der Waals surface area contributed by atoms with Crippen LogP contribution in [0.25, 0.3) is 0 Å². The van der Waals surface area contributed by atoms with Crippen molar-refractivity contribution in [1.29, 1.82) is 0 Å². The minimum atomic E-state index is -4.44. The summed E-state index contributed by atoms with van der Waals surface area (Å²) in [6.45, 7) is 0. The number of nitrogen functional groups attached to an aromatic ring is 1. The first kappa shape index (κ1) is 9.19. The summed E-state index contributed by atoms with van der Waals surface area (Å²) in [5, 5.41) is -0.404. The third kappa shape index (κ3) is 1.82. The van der Waals surface area contributed by atoms with Gasteiger partial charge in [-0.15, -0.1) is 0 Å². The lowest BCUT2D eigenvalue weighted by Gasteiger charge is -2.07. The van der Waals surface area contributed by atoms with Crippen LogP contribution in [0.15, 0.2) is 12.1 Å². The Bertz CT molecular complexity index is 295. The Balaban J connectivity index is 3.19. The van der Waals surface area contributed by atoms with Crippen LogP contribution in [-0.2, 0) is 6.18 Å². The van der Waals surface area contributed by atoms with Crippen LogP contribution in [-0.4, -0.2) is 0 Å². The van der Waals surface area contributed by atoms with Gasteiger partial charge in [0.25, 0.3) is 0 Å². The Morgan fingerprint density at radius 3 is 2.42 bits per heavy atom. The Labute approximate surface area is 71.9 Å². The first-order chi connectivity index (χ1) is 5.41. The van der Waals surface area contributed by atoms with Gasteiger partial charge in [0, 0.05) is 11.8 Å². The van der Waals surface area contributed by atoms with Crippen LogP contribution in [0.5, 0.6) is 0 Å². The molecule has 0 saturated carbocycles. The number of hydrogen-bond acceptors (Lipinski definition) is 1. The molecule has 0 amide bonds. The monoisotopic (exact) mass is 194 g/mol. The predicted molar refractivity (Wildman–Crippen MR) is 39.7 cm³/mol. The Kier molecular flexibility index (Phi) is 2.19. The van der Waals surface area contributed by atoms with Crippen molar-refractivity contribution in [2.45, 2.75) is 6.18 Å². The van der Waals surface area contributed by atoms with Gasteiger partial charge in [-0.05, 0) is 12.1 Å². The van der Waals surface area contributed by atoms with Crippen molar-refractivity contribution in [3.8, 4) is 0 Å². The number of benzene rings is 1. The maximum Gasteiger partial charge on any atom is 0.417 e. The van der Waals surface area contributed by atoms with Gasteiger partial charge in [-0.1, -0.05) is 11.6 Å². The van der Waals surface area contributed by atoms with Gasteiger partial charge in [-0.25, -0.2) is 0 Å². The average molecular weight is 195 g/mol. The zero-order valence-electron chi connectivity index (χ0n) is 5.74. The van der Waals surface area contributed by atoms with Gasteiger partial charge in [0.15, 0.2) is 0 Å². The summed E-state index contributed by atoms with van der Waals surface area (Å²) in [6, 6.07) is 3.97. The minimum Gasteiger partial charge on any atom is -0.398 e. The van der Waals surface area contributed by atoms with Crippen molar-refractivity contribution in [3.05, 3.63) is 28.8 Å². The highest BCUT2D eigenvalue weighted by Gasteiger charge is 2.32. The molecule has 0 bridgehead atoms. The first-order valence-corrected chi connectivity index (χ1v) is 3.33. The quantitative estimate of drug-likeness (QED) is 0.632. The van der Waals surface area contributed by atoms with E-state index in [4.69, 9.17) is 17.3 Å². The molecule has 0 unspecified atom stereocenters. The lowest BCUT2D eigenvalue weighted by Crippen LogP contribution is -2.05. The smallest absolute Gasteiger partial charge is 0.398 e. The number of anilines is 1. The normalized spacial score (nSPS) is 11.7. The average Bonchev–Trinajstić information content (AvgIpc) is 1.83. The second-order valence-electron chi connectivity index (χ2n) is 2.15. The summed E-state index contributed by atoms with van der Waals surface area (Å²) in [4.78, 5) is 0. The molecule has 0 aliphatic heterocycles. The fourth-order valence-corrected chi connectivity index (χ4v) is 0.977. The molecule has 2 N–H and O–H groups in total. The molecule has 12 heavy (non-hydrogen) atoms. The van der Waals surface area contributed by atoms with E-state index in [2.05, 4.69) is 6.07 Å². The highest BCUT2D eigenvalue weighted by molar-refractivity contribution is 6.31. The standard InChI is InChI=1S/C7H4ClF3N/c8-6-3-4(12)1-2-5(6)7(9,10)11/h2-3H,12H2. The van der Waals surface area contributed by atoms with Crippen molar-refractivity contribution in [1.82, 2.24) is 0 Å². The van der Waals surface area contributed by atoms with Crippen LogP contribution < -0.4 is 5.73 Å². The van der Waals surface area contributed by atoms with Gasteiger partial charge < -0.3 is 5.73 Å². The van der Waals surface area contributed by atoms with E-state index in [1.807, 2.05) is 0 Å². The summed E-state index contributed by atoms with van der Waals surface area (Å²) in [5.74, 6) is 0. The molecule has 0 spiro atoms. The van der Waals surface area contributed by atoms with Gasteiger partial charge in [-0.3, -0.25) is 0 Å². The molecule has 0 fully saturated rings. The van der Waals surface area contributed by atoms with Gasteiger partial charge in [-0.2, -0.15) is 13.2 Å². The first-order valence-electron chi connectivity index (χ1n) is 2.95. The lowest BCUT2D eigenvalue weighted by atomic mass is 10.2. The van der Waals surface area contributed by atoms with Crippen LogP contribution in [0.1, 0.15) is 5.56 Å². The molecule has 0 heterocycles. The van der Waals surface area contributed by atoms with Crippen molar-refractivity contribution in [2.24, 2.45) is 0 Å². The topological polar surface area (TPSA) is 26.0 Å². The zero-order chi connectivity index (χ0) is 9.35. The third-order valence-electron chi connectivity index (χ3n) is 1.23. The minimum absolute atomic E-state index is 0.0907. The molecule has 1 radical (unpaired) electrons. The molecule has 0 aliphatic rings. The molecule has 65 valence electrons. The van der Waals surface area contributed by atoms with Crippen LogP contribution in [0.3, 0.4) is 0 Å². The highest BCUT2D eigenvalue weighted by atomic mass is 35.5. The van der Waals surface area contributed by atoms with E-state index < -0.39 is 16.8 Å². The molecule has 1 rings (SSSR count). The molecule has 1 nitrogen and oxygen atoms in total. The van der Waals surface area contributed by atoms with Gasteiger partial charge in [0.1, 0.15) is 0 Å². The van der Waals surface area contributed by atoms with Crippen LogP contribution in [0, 0.1) is 6.07 Å². The summed E-state index contributed by atoms with van der Waals surface area (Å²) < 4.78 is 36.1. The Morgan fingerprint density at radius 1 is 1.42 bits per heavy atom. The number of alkyl halides is 3. The van der Waals surface area contributed by atoms with E-state index in [9.17, 15) is 13.2 Å². The predicted octanol–water partition coefficient (Wildman–Crippen LogP) is 2.74. The Hall–Kier alpha value is -0.900. The molecule has 5 heteroatoms. The fraction of sp³-hybridized carbons (Fsp3) is 0.143. The van der Waals surface area contributed by atoms with Crippen LogP contribution in [0.2, 0.25) is 5.02 Å². The summed E-state index contributed by atoms with van der Waals surface area (Å²) >= 11 is 5.29. The third-order valence-corrected chi connectivity index (χ3v) is 1.54. The second kappa shape index (κ2) is 2.86. The molecule has 0 aliphatic carbocycles. The van der Waals surface area contributed by atoms with E-state index in [0.717, 1.165) is 12.1 Å². The summed E-state index contributed by atoms with van der Waals surface area (Å²) in [6.07, 6.45) is -4.44. The summed E-state index contributed by atoms with van der Waals surface area (Å²) in [7, 11) is 0. The molecule has 0 atom stereocenters. The van der Waals surface area contributed by atoms with E-state index in [1.165, 1.54) is 0 Å². The number of halogens is 4. The maximum atomic E-state index is 12.0. The van der Waals surface area contributed by atoms with E-state index >= 15 is 0 Å². The largest absolute Gasteiger partial charge is 0.417 e. The lowest BCUT2D eigenvalue weighted by molar-refractivity contribution is -0.137. The maximum absolute atomic E-state index is 12.0. The molecule has 1 aromatic carbocycles. The number of rotatable bonds is 0. The van der Waals surface area contributed by atoms with Gasteiger partial charge >= 0.3 is 6.18 Å². The van der Waals surface area contributed by atoms with Crippen molar-refractivity contribution < 1.29 is 13.2 Å². The zero-order valence-corrected chi connectivity index (χ0v) is 6.50. The van der Waals surface area contributed by atoms with E-state index in [0.29, 0.717) is 0 Å². The SMILES string of the molecule is Nc1[c]cc(C(F)(F)F)c(Cl)c1. The van der Waals surface area contributed by atoms with Gasteiger partial charge in [0.2, 0.25) is 0 Å². The van der Waals surface area contributed by atoms with E-state index in [-0.39, 0.29) is 5.69 Å². The van der Waals surface area contributed by atoms with Crippen LogP contribution >= 0.6 is 11.6 Å². The fourth-order valence-electron chi connectivity index (χ4n) is 0.698. The van der Waals surface area contributed by atoms with Crippen molar-refractivity contribution in [3.63, 3.8) is 0 Å². The van der Waals surface area contributed by atoms with Gasteiger partial charge in [0.05, 0.1) is 10.6 Å². The summed E-state index contributed by atoms with van der Waals surface area (Å²) in [5.41, 5.74) is 4.34.